The van der Waals surface area contributed by atoms with Gasteiger partial charge in [-0.1, -0.05) is 60.7 Å². The number of carbonyl (C=O) groups is 3. The number of amides is 1. The van der Waals surface area contributed by atoms with Crippen molar-refractivity contribution in [3.05, 3.63) is 107 Å². The molecule has 2 N–H and O–H groups in total. The van der Waals surface area contributed by atoms with Crippen LogP contribution >= 0.6 is 0 Å². The molecule has 0 fully saturated rings. The zero-order valence-electron chi connectivity index (χ0n) is 14.8. The molecule has 3 rings (SSSR count). The summed E-state index contributed by atoms with van der Waals surface area (Å²) < 4.78 is 0. The second-order valence-electron chi connectivity index (χ2n) is 6.00. The first-order valence-electron chi connectivity index (χ1n) is 8.56. The topological polar surface area (TPSA) is 83.5 Å². The molecule has 3 aromatic carbocycles. The fraction of sp³-hybridized carbons (Fsp3) is 0. The minimum Gasteiger partial charge on any atom is -0.478 e. The summed E-state index contributed by atoms with van der Waals surface area (Å²) in [5.41, 5.74) is 1.59. The molecule has 0 aliphatic carbocycles. The van der Waals surface area contributed by atoms with Crippen LogP contribution in [0, 0.1) is 0 Å². The zero-order valence-corrected chi connectivity index (χ0v) is 14.8. The largest absolute Gasteiger partial charge is 0.478 e. The van der Waals surface area contributed by atoms with Crippen LogP contribution in [0.1, 0.15) is 26.3 Å². The van der Waals surface area contributed by atoms with Gasteiger partial charge < -0.3 is 10.4 Å². The molecule has 0 spiro atoms. The van der Waals surface area contributed by atoms with E-state index in [0.717, 1.165) is 0 Å². The number of para-hydroxylation sites is 1. The average molecular weight is 371 g/mol. The van der Waals surface area contributed by atoms with Crippen LogP contribution < -0.4 is 5.32 Å². The monoisotopic (exact) mass is 371 g/mol. The second kappa shape index (κ2) is 8.60. The van der Waals surface area contributed by atoms with Gasteiger partial charge in [0.2, 0.25) is 0 Å². The Morgan fingerprint density at radius 2 is 1.29 bits per heavy atom. The van der Waals surface area contributed by atoms with E-state index in [1.807, 2.05) is 6.07 Å². The lowest BCUT2D eigenvalue weighted by Gasteiger charge is -2.09. The molecule has 0 atom stereocenters. The van der Waals surface area contributed by atoms with Gasteiger partial charge in [-0.05, 0) is 35.9 Å². The van der Waals surface area contributed by atoms with Gasteiger partial charge in [0.1, 0.15) is 0 Å². The number of carboxylic acids is 1. The summed E-state index contributed by atoms with van der Waals surface area (Å²) in [6.45, 7) is 0. The summed E-state index contributed by atoms with van der Waals surface area (Å²) in [6.07, 6.45) is 1.46. The van der Waals surface area contributed by atoms with Crippen LogP contribution in [0.4, 0.5) is 5.69 Å². The van der Waals surface area contributed by atoms with Crippen LogP contribution in [0.5, 0.6) is 0 Å². The van der Waals surface area contributed by atoms with Crippen molar-refractivity contribution in [2.45, 2.75) is 0 Å². The number of carbonyl (C=O) groups excluding carboxylic acids is 2. The van der Waals surface area contributed by atoms with E-state index < -0.39 is 17.7 Å². The van der Waals surface area contributed by atoms with E-state index in [-0.39, 0.29) is 11.1 Å². The normalized spacial score (nSPS) is 10.9. The molecule has 5 heteroatoms. The maximum atomic E-state index is 12.9. The highest BCUT2D eigenvalue weighted by molar-refractivity contribution is 6.31. The molecule has 0 radical (unpaired) electrons. The number of hydrogen-bond acceptors (Lipinski definition) is 3. The van der Waals surface area contributed by atoms with Crippen molar-refractivity contribution in [3.8, 4) is 0 Å². The smallest absolute Gasteiger partial charge is 0.335 e. The third-order valence-electron chi connectivity index (χ3n) is 4.03. The van der Waals surface area contributed by atoms with Crippen molar-refractivity contribution in [2.75, 3.05) is 5.32 Å². The van der Waals surface area contributed by atoms with Crippen molar-refractivity contribution in [1.29, 1.82) is 0 Å². The van der Waals surface area contributed by atoms with Gasteiger partial charge in [0.25, 0.3) is 5.91 Å². The van der Waals surface area contributed by atoms with Crippen LogP contribution in [0.25, 0.3) is 6.08 Å². The lowest BCUT2D eigenvalue weighted by atomic mass is 9.99. The standard InChI is InChI=1S/C23H17NO4/c25-21(17-7-3-1-4-8-17)20(22(26)24-19-9-5-2-6-10-19)15-16-11-13-18(14-12-16)23(27)28/h1-15H,(H,24,26)(H,27,28)/b20-15+. The fourth-order valence-corrected chi connectivity index (χ4v) is 2.59. The first kappa shape index (κ1) is 18.8. The van der Waals surface area contributed by atoms with Crippen LogP contribution in [-0.2, 0) is 4.79 Å². The number of benzene rings is 3. The van der Waals surface area contributed by atoms with E-state index in [4.69, 9.17) is 5.11 Å². The Balaban J connectivity index is 1.97. The molecule has 0 saturated carbocycles. The lowest BCUT2D eigenvalue weighted by molar-refractivity contribution is -0.112. The molecule has 0 bridgehead atoms. The van der Waals surface area contributed by atoms with Crippen LogP contribution in [0.15, 0.2) is 90.5 Å². The van der Waals surface area contributed by atoms with Crippen LogP contribution in [0.3, 0.4) is 0 Å². The van der Waals surface area contributed by atoms with Crippen molar-refractivity contribution < 1.29 is 19.5 Å². The van der Waals surface area contributed by atoms with Crippen molar-refractivity contribution >= 4 is 29.4 Å². The van der Waals surface area contributed by atoms with Crippen molar-refractivity contribution in [3.63, 3.8) is 0 Å². The average Bonchev–Trinajstić information content (AvgIpc) is 2.73. The summed E-state index contributed by atoms with van der Waals surface area (Å²) in [6, 6.07) is 23.3. The molecule has 0 aliphatic rings. The first-order chi connectivity index (χ1) is 13.5. The van der Waals surface area contributed by atoms with E-state index in [1.165, 1.54) is 18.2 Å². The highest BCUT2D eigenvalue weighted by Crippen LogP contribution is 2.17. The molecule has 138 valence electrons. The Kier molecular flexibility index (Phi) is 5.77. The van der Waals surface area contributed by atoms with Crippen molar-refractivity contribution in [1.82, 2.24) is 0 Å². The summed E-state index contributed by atoms with van der Waals surface area (Å²) in [5, 5.41) is 11.7. The minimum absolute atomic E-state index is 0.0434. The van der Waals surface area contributed by atoms with Crippen molar-refractivity contribution in [2.24, 2.45) is 0 Å². The molecule has 5 nitrogen and oxygen atoms in total. The number of anilines is 1. The van der Waals surface area contributed by atoms with Gasteiger partial charge in [0.05, 0.1) is 11.1 Å². The van der Waals surface area contributed by atoms with Gasteiger partial charge in [-0.3, -0.25) is 9.59 Å². The van der Waals surface area contributed by atoms with Gasteiger partial charge in [0.15, 0.2) is 5.78 Å². The number of Topliss-reactive ketones (excluding diaryl/α,β-unsaturated/α-hetero) is 1. The molecule has 0 saturated heterocycles. The highest BCUT2D eigenvalue weighted by atomic mass is 16.4. The summed E-state index contributed by atoms with van der Waals surface area (Å²) in [4.78, 5) is 36.8. The molecular formula is C23H17NO4. The summed E-state index contributed by atoms with van der Waals surface area (Å²) >= 11 is 0. The Labute approximate surface area is 162 Å². The maximum Gasteiger partial charge on any atom is 0.335 e. The molecular weight excluding hydrogens is 354 g/mol. The number of carboxylic acid groups (broad SMARTS) is 1. The Morgan fingerprint density at radius 1 is 0.714 bits per heavy atom. The molecule has 1 amide bonds. The third-order valence-corrected chi connectivity index (χ3v) is 4.03. The quantitative estimate of drug-likeness (QED) is 0.293. The van der Waals surface area contributed by atoms with Crippen LogP contribution in [-0.4, -0.2) is 22.8 Å². The van der Waals surface area contributed by atoms with Gasteiger partial charge >= 0.3 is 5.97 Å². The molecule has 0 unspecified atom stereocenters. The number of ketones is 1. The number of nitrogens with one attached hydrogen (secondary N) is 1. The Morgan fingerprint density at radius 3 is 1.86 bits per heavy atom. The highest BCUT2D eigenvalue weighted by Gasteiger charge is 2.20. The lowest BCUT2D eigenvalue weighted by Crippen LogP contribution is -2.20. The minimum atomic E-state index is -1.04. The SMILES string of the molecule is O=C(Nc1ccccc1)/C(=C/c1ccc(C(=O)O)cc1)C(=O)c1ccccc1. The van der Waals surface area contributed by atoms with Crippen LogP contribution in [0.2, 0.25) is 0 Å². The predicted octanol–water partition coefficient (Wildman–Crippen LogP) is 4.29. The van der Waals surface area contributed by atoms with E-state index in [9.17, 15) is 14.4 Å². The molecule has 28 heavy (non-hydrogen) atoms. The molecule has 0 heterocycles. The third kappa shape index (κ3) is 4.59. The van der Waals surface area contributed by atoms with E-state index in [1.54, 1.807) is 66.7 Å². The predicted molar refractivity (Wildman–Crippen MR) is 107 cm³/mol. The van der Waals surface area contributed by atoms with E-state index >= 15 is 0 Å². The maximum absolute atomic E-state index is 12.9. The van der Waals surface area contributed by atoms with E-state index in [2.05, 4.69) is 5.32 Å². The van der Waals surface area contributed by atoms with Gasteiger partial charge in [-0.2, -0.15) is 0 Å². The summed E-state index contributed by atoms with van der Waals surface area (Å²) in [7, 11) is 0. The summed E-state index contributed by atoms with van der Waals surface area (Å²) in [5.74, 6) is -2.00. The van der Waals surface area contributed by atoms with Gasteiger partial charge in [-0.25, -0.2) is 4.79 Å². The number of hydrogen-bond donors (Lipinski definition) is 2. The Bertz CT molecular complexity index is 1020. The number of rotatable bonds is 6. The first-order valence-corrected chi connectivity index (χ1v) is 8.56. The molecule has 0 aliphatic heterocycles. The van der Waals surface area contributed by atoms with E-state index in [0.29, 0.717) is 16.8 Å². The molecule has 3 aromatic rings. The fourth-order valence-electron chi connectivity index (χ4n) is 2.59. The molecule has 0 aromatic heterocycles. The number of aromatic carboxylic acids is 1. The van der Waals surface area contributed by atoms with Gasteiger partial charge in [-0.15, -0.1) is 0 Å². The zero-order chi connectivity index (χ0) is 19.9. The Hall–Kier alpha value is -3.99. The van der Waals surface area contributed by atoms with Gasteiger partial charge in [0, 0.05) is 11.3 Å². The second-order valence-corrected chi connectivity index (χ2v) is 6.00.